The third-order valence-electron chi connectivity index (χ3n) is 3.24. The quantitative estimate of drug-likeness (QED) is 0.566. The minimum atomic E-state index is -2.45. The molecule has 0 aliphatic carbocycles. The van der Waals surface area contributed by atoms with Crippen molar-refractivity contribution in [2.24, 2.45) is 0 Å². The maximum atomic E-state index is 12.3. The van der Waals surface area contributed by atoms with Gasteiger partial charge in [-0.2, -0.15) is 8.78 Å². The molecule has 0 radical (unpaired) electrons. The lowest BCUT2D eigenvalue weighted by molar-refractivity contribution is 0.101. The number of thioether (sulfide) groups is 1. The Morgan fingerprint density at radius 2 is 1.75 bits per heavy atom. The van der Waals surface area contributed by atoms with Gasteiger partial charge in [-0.15, -0.1) is 0 Å². The van der Waals surface area contributed by atoms with Gasteiger partial charge < -0.3 is 14.8 Å². The molecule has 0 aliphatic rings. The number of hydrogen-bond acceptors (Lipinski definition) is 5. The third kappa shape index (κ3) is 4.86. The van der Waals surface area contributed by atoms with E-state index in [0.717, 1.165) is 0 Å². The maximum Gasteiger partial charge on any atom is 0.288 e. The number of ketones is 1. The smallest absolute Gasteiger partial charge is 0.288 e. The third-order valence-corrected chi connectivity index (χ3v) is 3.96. The van der Waals surface area contributed by atoms with Crippen molar-refractivity contribution in [2.45, 2.75) is 10.7 Å². The van der Waals surface area contributed by atoms with Gasteiger partial charge in [0.05, 0.1) is 20.8 Å². The van der Waals surface area contributed by atoms with E-state index in [1.807, 2.05) is 0 Å². The monoisotopic (exact) mass is 353 g/mol. The number of nitrogens with one attached hydrogen (secondary N) is 1. The predicted octanol–water partition coefficient (Wildman–Crippen LogP) is 4.31. The first kappa shape index (κ1) is 18.1. The van der Waals surface area contributed by atoms with Crippen LogP contribution in [0.1, 0.15) is 10.4 Å². The number of rotatable bonds is 8. The van der Waals surface area contributed by atoms with Gasteiger partial charge in [0.15, 0.2) is 17.3 Å². The summed E-state index contributed by atoms with van der Waals surface area (Å²) < 4.78 is 34.8. The van der Waals surface area contributed by atoms with E-state index < -0.39 is 5.76 Å². The van der Waals surface area contributed by atoms with Crippen LogP contribution in [0.25, 0.3) is 0 Å². The highest BCUT2D eigenvalue weighted by Gasteiger charge is 2.11. The molecule has 4 nitrogen and oxygen atoms in total. The van der Waals surface area contributed by atoms with E-state index in [1.165, 1.54) is 14.2 Å². The Morgan fingerprint density at radius 1 is 1.08 bits per heavy atom. The van der Waals surface area contributed by atoms with Crippen molar-refractivity contribution in [2.75, 3.05) is 26.1 Å². The second-order valence-electron chi connectivity index (χ2n) is 4.75. The lowest BCUT2D eigenvalue weighted by atomic mass is 10.1. The zero-order chi connectivity index (χ0) is 17.5. The Balaban J connectivity index is 1.97. The van der Waals surface area contributed by atoms with Crippen molar-refractivity contribution < 1.29 is 23.0 Å². The number of anilines is 1. The van der Waals surface area contributed by atoms with Crippen LogP contribution in [0.2, 0.25) is 0 Å². The normalized spacial score (nSPS) is 10.5. The van der Waals surface area contributed by atoms with Crippen LogP contribution in [-0.2, 0) is 0 Å². The molecule has 128 valence electrons. The van der Waals surface area contributed by atoms with Gasteiger partial charge in [-0.05, 0) is 42.5 Å². The summed E-state index contributed by atoms with van der Waals surface area (Å²) in [6.07, 6.45) is 0. The highest BCUT2D eigenvalue weighted by Crippen LogP contribution is 2.28. The fourth-order valence-corrected chi connectivity index (χ4v) is 2.55. The summed E-state index contributed by atoms with van der Waals surface area (Å²) in [4.78, 5) is 12.7. The fourth-order valence-electron chi connectivity index (χ4n) is 2.05. The molecule has 1 N–H and O–H groups in total. The minimum absolute atomic E-state index is 0.0802. The molecule has 2 aromatic carbocycles. The zero-order valence-corrected chi connectivity index (χ0v) is 14.0. The Morgan fingerprint density at radius 3 is 2.33 bits per heavy atom. The molecule has 0 aromatic heterocycles. The maximum absolute atomic E-state index is 12.3. The summed E-state index contributed by atoms with van der Waals surface area (Å²) in [5.41, 5.74) is 1.17. The molecule has 0 aliphatic heterocycles. The number of Topliss-reactive ketones (excluding diaryl/α,β-unsaturated/α-hetero) is 1. The topological polar surface area (TPSA) is 47.6 Å². The van der Waals surface area contributed by atoms with E-state index in [4.69, 9.17) is 9.47 Å². The van der Waals surface area contributed by atoms with E-state index in [0.29, 0.717) is 39.4 Å². The van der Waals surface area contributed by atoms with Gasteiger partial charge in [-0.25, -0.2) is 0 Å². The molecule has 24 heavy (non-hydrogen) atoms. The van der Waals surface area contributed by atoms with Crippen LogP contribution in [0.3, 0.4) is 0 Å². The molecule has 7 heteroatoms. The lowest BCUT2D eigenvalue weighted by Gasteiger charge is -2.10. The van der Waals surface area contributed by atoms with Crippen LogP contribution >= 0.6 is 11.8 Å². The second-order valence-corrected chi connectivity index (χ2v) is 5.81. The Kier molecular flexibility index (Phi) is 6.43. The Bertz CT molecular complexity index is 693. The van der Waals surface area contributed by atoms with Gasteiger partial charge in [0.1, 0.15) is 0 Å². The molecule has 2 rings (SSSR count). The van der Waals surface area contributed by atoms with Crippen LogP contribution in [0.5, 0.6) is 11.5 Å². The number of halogens is 2. The fraction of sp³-hybridized carbons (Fsp3) is 0.235. The van der Waals surface area contributed by atoms with Crippen molar-refractivity contribution >= 4 is 23.2 Å². The summed E-state index contributed by atoms with van der Waals surface area (Å²) in [5.74, 6) is -1.54. The summed E-state index contributed by atoms with van der Waals surface area (Å²) in [6, 6.07) is 11.4. The largest absolute Gasteiger partial charge is 0.493 e. The lowest BCUT2D eigenvalue weighted by Crippen LogP contribution is -2.14. The second kappa shape index (κ2) is 8.54. The van der Waals surface area contributed by atoms with Crippen molar-refractivity contribution in [1.29, 1.82) is 0 Å². The summed E-state index contributed by atoms with van der Waals surface area (Å²) in [7, 11) is 3.03. The minimum Gasteiger partial charge on any atom is -0.493 e. The first-order valence-corrected chi connectivity index (χ1v) is 7.95. The van der Waals surface area contributed by atoms with Crippen LogP contribution in [0.4, 0.5) is 14.5 Å². The molecule has 0 spiro atoms. The Labute approximate surface area is 143 Å². The molecule has 0 heterocycles. The molecule has 0 atom stereocenters. The van der Waals surface area contributed by atoms with Crippen molar-refractivity contribution in [3.63, 3.8) is 0 Å². The van der Waals surface area contributed by atoms with Crippen molar-refractivity contribution in [1.82, 2.24) is 0 Å². The molecule has 2 aromatic rings. The molecule has 0 bridgehead atoms. The van der Waals surface area contributed by atoms with E-state index in [9.17, 15) is 13.6 Å². The molecule has 0 fully saturated rings. The molecule has 0 saturated heterocycles. The first-order chi connectivity index (χ1) is 11.5. The number of benzene rings is 2. The van der Waals surface area contributed by atoms with Crippen molar-refractivity contribution in [3.05, 3.63) is 48.0 Å². The van der Waals surface area contributed by atoms with E-state index in [-0.39, 0.29) is 12.3 Å². The van der Waals surface area contributed by atoms with Gasteiger partial charge in [-0.1, -0.05) is 11.8 Å². The number of carbonyl (C=O) groups excluding carboxylic acids is 1. The summed E-state index contributed by atoms with van der Waals surface area (Å²) in [5, 5.41) is 2.97. The number of methoxy groups -OCH3 is 2. The summed E-state index contributed by atoms with van der Waals surface area (Å²) in [6.45, 7) is 0.0802. The zero-order valence-electron chi connectivity index (χ0n) is 13.2. The van der Waals surface area contributed by atoms with Gasteiger partial charge in [-0.3, -0.25) is 4.79 Å². The van der Waals surface area contributed by atoms with Gasteiger partial charge >= 0.3 is 0 Å². The number of ether oxygens (including phenoxy) is 2. The summed E-state index contributed by atoms with van der Waals surface area (Å²) >= 11 is 0.482. The van der Waals surface area contributed by atoms with Crippen molar-refractivity contribution in [3.8, 4) is 11.5 Å². The highest BCUT2D eigenvalue weighted by atomic mass is 32.2. The number of carbonyl (C=O) groups is 1. The standard InChI is InChI=1S/C17H17F2NO3S/c1-22-15-8-3-11(9-16(15)23-2)14(21)10-20-12-4-6-13(7-5-12)24-17(18)19/h3-9,17,20H,10H2,1-2H3. The average molecular weight is 353 g/mol. The molecule has 0 saturated carbocycles. The van der Waals surface area contributed by atoms with Crippen LogP contribution in [-0.4, -0.2) is 32.3 Å². The molecular formula is C17H17F2NO3S. The molecule has 0 unspecified atom stereocenters. The van der Waals surface area contributed by atoms with Crippen LogP contribution in [0.15, 0.2) is 47.4 Å². The SMILES string of the molecule is COc1ccc(C(=O)CNc2ccc(SC(F)F)cc2)cc1OC. The number of hydrogen-bond donors (Lipinski definition) is 1. The van der Waals surface area contributed by atoms with Gasteiger partial charge in [0.2, 0.25) is 0 Å². The molecular weight excluding hydrogens is 336 g/mol. The van der Waals surface area contributed by atoms with E-state index in [1.54, 1.807) is 42.5 Å². The average Bonchev–Trinajstić information content (AvgIpc) is 2.59. The highest BCUT2D eigenvalue weighted by molar-refractivity contribution is 7.99. The van der Waals surface area contributed by atoms with E-state index in [2.05, 4.69) is 5.32 Å². The van der Waals surface area contributed by atoms with E-state index >= 15 is 0 Å². The predicted molar refractivity (Wildman–Crippen MR) is 90.7 cm³/mol. The van der Waals surface area contributed by atoms with Gasteiger partial charge in [0, 0.05) is 16.1 Å². The molecule has 0 amide bonds. The van der Waals surface area contributed by atoms with Gasteiger partial charge in [0.25, 0.3) is 5.76 Å². The van der Waals surface area contributed by atoms with Crippen LogP contribution in [0, 0.1) is 0 Å². The first-order valence-electron chi connectivity index (χ1n) is 7.07. The number of alkyl halides is 2. The van der Waals surface area contributed by atoms with Crippen LogP contribution < -0.4 is 14.8 Å². The Hall–Kier alpha value is -2.28.